The highest BCUT2D eigenvalue weighted by Crippen LogP contribution is 2.24. The number of hydrogen-bond donors (Lipinski definition) is 1. The fourth-order valence-electron chi connectivity index (χ4n) is 3.25. The third-order valence-electron chi connectivity index (χ3n) is 4.60. The van der Waals surface area contributed by atoms with Crippen LogP contribution in [-0.2, 0) is 18.4 Å². The van der Waals surface area contributed by atoms with Crippen molar-refractivity contribution < 1.29 is 9.18 Å². The van der Waals surface area contributed by atoms with Gasteiger partial charge >= 0.3 is 0 Å². The summed E-state index contributed by atoms with van der Waals surface area (Å²) in [5, 5.41) is 8.27. The minimum atomic E-state index is -0.340. The van der Waals surface area contributed by atoms with Crippen LogP contribution < -0.4 is 5.32 Å². The van der Waals surface area contributed by atoms with Gasteiger partial charge in [-0.25, -0.2) is 14.4 Å². The Morgan fingerprint density at radius 2 is 2.04 bits per heavy atom. The molecule has 1 amide bonds. The first-order chi connectivity index (χ1) is 12.5. The highest BCUT2D eigenvalue weighted by atomic mass is 19.1. The Balaban J connectivity index is 1.51. The highest BCUT2D eigenvalue weighted by molar-refractivity contribution is 5.91. The number of hydrogen-bond acceptors (Lipinski definition) is 5. The number of aromatic nitrogens is 4. The summed E-state index contributed by atoms with van der Waals surface area (Å²) in [5.74, 6) is 0.989. The molecule has 1 aliphatic rings. The molecule has 1 aromatic carbocycles. The normalized spacial score (nSPS) is 17.3. The second-order valence-corrected chi connectivity index (χ2v) is 6.50. The van der Waals surface area contributed by atoms with Gasteiger partial charge in [0.05, 0.1) is 11.6 Å². The lowest BCUT2D eigenvalue weighted by Gasteiger charge is -2.18. The topological polar surface area (TPSA) is 75.9 Å². The van der Waals surface area contributed by atoms with Gasteiger partial charge in [0.25, 0.3) is 0 Å². The highest BCUT2D eigenvalue weighted by Gasteiger charge is 2.32. The van der Waals surface area contributed by atoms with Gasteiger partial charge in [0.2, 0.25) is 5.91 Å². The summed E-state index contributed by atoms with van der Waals surface area (Å²) in [7, 11) is 1.82. The number of carbonyl (C=O) groups excluding carboxylic acids is 1. The van der Waals surface area contributed by atoms with Crippen molar-refractivity contribution in [2.75, 3.05) is 11.9 Å². The van der Waals surface area contributed by atoms with Gasteiger partial charge in [-0.2, -0.15) is 5.10 Å². The number of benzene rings is 1. The third kappa shape index (κ3) is 2.98. The maximum atomic E-state index is 13.0. The number of rotatable bonds is 4. The van der Waals surface area contributed by atoms with E-state index in [0.29, 0.717) is 31.2 Å². The molecule has 1 saturated heterocycles. The Morgan fingerprint density at radius 1 is 1.27 bits per heavy atom. The van der Waals surface area contributed by atoms with E-state index in [0.717, 1.165) is 16.6 Å². The van der Waals surface area contributed by atoms with Gasteiger partial charge in [-0.15, -0.1) is 0 Å². The zero-order valence-corrected chi connectivity index (χ0v) is 14.6. The molecule has 1 aliphatic heterocycles. The maximum absolute atomic E-state index is 13.0. The molecule has 26 heavy (non-hydrogen) atoms. The second-order valence-electron chi connectivity index (χ2n) is 6.50. The molecule has 8 heteroatoms. The van der Waals surface area contributed by atoms with Gasteiger partial charge in [0.1, 0.15) is 23.5 Å². The number of anilines is 1. The van der Waals surface area contributed by atoms with E-state index in [4.69, 9.17) is 0 Å². The first kappa shape index (κ1) is 16.4. The fourth-order valence-corrected chi connectivity index (χ4v) is 3.25. The number of likely N-dealkylation sites (tertiary alicyclic amines) is 1. The first-order valence-corrected chi connectivity index (χ1v) is 8.47. The first-order valence-electron chi connectivity index (χ1n) is 8.47. The van der Waals surface area contributed by atoms with Crippen LogP contribution in [0.1, 0.15) is 17.8 Å². The van der Waals surface area contributed by atoms with E-state index in [1.54, 1.807) is 27.9 Å². The molecule has 2 aromatic heterocycles. The van der Waals surface area contributed by atoms with Crippen molar-refractivity contribution in [3.63, 3.8) is 0 Å². The minimum absolute atomic E-state index is 0.0163. The smallest absolute Gasteiger partial charge is 0.245 e. The Kier molecular flexibility index (Phi) is 4.02. The summed E-state index contributed by atoms with van der Waals surface area (Å²) in [6.07, 6.45) is 2.39. The molecule has 4 rings (SSSR count). The average molecular weight is 354 g/mol. The van der Waals surface area contributed by atoms with Crippen LogP contribution in [0.3, 0.4) is 0 Å². The molecule has 0 radical (unpaired) electrons. The van der Waals surface area contributed by atoms with E-state index in [1.807, 2.05) is 14.0 Å². The summed E-state index contributed by atoms with van der Waals surface area (Å²) in [6, 6.07) is 5.89. The lowest BCUT2D eigenvalue weighted by Crippen LogP contribution is -2.33. The minimum Gasteiger partial charge on any atom is -0.358 e. The molecule has 1 N–H and O–H groups in total. The predicted molar refractivity (Wildman–Crippen MR) is 94.9 cm³/mol. The average Bonchev–Trinajstić information content (AvgIpc) is 3.15. The van der Waals surface area contributed by atoms with E-state index < -0.39 is 0 Å². The standard InChI is InChI=1S/C18H19FN6O/c1-11-21-16(14-9-20-24(2)17(14)22-11)23-15-7-8-25(18(15)26)10-12-3-5-13(19)6-4-12/h3-6,9,15H,7-8,10H2,1-2H3,(H,21,22,23)/t15-/m1/s1. The van der Waals surface area contributed by atoms with Gasteiger partial charge < -0.3 is 10.2 Å². The van der Waals surface area contributed by atoms with Crippen molar-refractivity contribution in [2.24, 2.45) is 7.05 Å². The molecule has 3 aromatic rings. The lowest BCUT2D eigenvalue weighted by molar-refractivity contribution is -0.128. The number of halogens is 1. The van der Waals surface area contributed by atoms with Gasteiger partial charge in [-0.3, -0.25) is 9.48 Å². The maximum Gasteiger partial charge on any atom is 0.245 e. The number of fused-ring (bicyclic) bond motifs is 1. The molecule has 0 bridgehead atoms. The van der Waals surface area contributed by atoms with Crippen LogP contribution in [-0.4, -0.2) is 43.1 Å². The van der Waals surface area contributed by atoms with E-state index in [2.05, 4.69) is 20.4 Å². The monoisotopic (exact) mass is 354 g/mol. The summed E-state index contributed by atoms with van der Waals surface area (Å²) < 4.78 is 14.7. The third-order valence-corrected chi connectivity index (χ3v) is 4.60. The Bertz CT molecular complexity index is 968. The van der Waals surface area contributed by atoms with Gasteiger partial charge in [0, 0.05) is 20.1 Å². The quantitative estimate of drug-likeness (QED) is 0.776. The van der Waals surface area contributed by atoms with Crippen molar-refractivity contribution in [3.8, 4) is 0 Å². The van der Waals surface area contributed by atoms with Crippen LogP contribution in [0.5, 0.6) is 0 Å². The van der Waals surface area contributed by atoms with E-state index in [1.165, 1.54) is 12.1 Å². The van der Waals surface area contributed by atoms with Crippen LogP contribution >= 0.6 is 0 Å². The molecule has 0 aliphatic carbocycles. The van der Waals surface area contributed by atoms with Crippen molar-refractivity contribution in [2.45, 2.75) is 25.9 Å². The number of amides is 1. The number of aryl methyl sites for hydroxylation is 2. The largest absolute Gasteiger partial charge is 0.358 e. The Labute approximate surface area is 149 Å². The van der Waals surface area contributed by atoms with E-state index in [-0.39, 0.29) is 17.8 Å². The van der Waals surface area contributed by atoms with Gasteiger partial charge in [0.15, 0.2) is 5.65 Å². The number of carbonyl (C=O) groups is 1. The summed E-state index contributed by atoms with van der Waals surface area (Å²) in [6.45, 7) is 2.94. The molecule has 3 heterocycles. The Morgan fingerprint density at radius 3 is 2.81 bits per heavy atom. The second kappa shape index (κ2) is 6.36. The van der Waals surface area contributed by atoms with Gasteiger partial charge in [-0.05, 0) is 31.0 Å². The zero-order chi connectivity index (χ0) is 18.3. The van der Waals surface area contributed by atoms with Crippen LogP contribution in [0.4, 0.5) is 10.2 Å². The van der Waals surface area contributed by atoms with Crippen LogP contribution in [0, 0.1) is 12.7 Å². The molecule has 134 valence electrons. The van der Waals surface area contributed by atoms with Crippen molar-refractivity contribution >= 4 is 22.8 Å². The van der Waals surface area contributed by atoms with E-state index >= 15 is 0 Å². The molecule has 1 atom stereocenters. The predicted octanol–water partition coefficient (Wildman–Crippen LogP) is 2.02. The molecular formula is C18H19FN6O. The summed E-state index contributed by atoms with van der Waals surface area (Å²) >= 11 is 0. The van der Waals surface area contributed by atoms with Crippen molar-refractivity contribution in [1.82, 2.24) is 24.6 Å². The van der Waals surface area contributed by atoms with Crippen LogP contribution in [0.2, 0.25) is 0 Å². The molecule has 1 fully saturated rings. The van der Waals surface area contributed by atoms with Crippen LogP contribution in [0.15, 0.2) is 30.5 Å². The fraction of sp³-hybridized carbons (Fsp3) is 0.333. The lowest BCUT2D eigenvalue weighted by atomic mass is 10.2. The number of nitrogens with zero attached hydrogens (tertiary/aromatic N) is 5. The molecule has 0 unspecified atom stereocenters. The van der Waals surface area contributed by atoms with Crippen molar-refractivity contribution in [1.29, 1.82) is 0 Å². The summed E-state index contributed by atoms with van der Waals surface area (Å²) in [4.78, 5) is 23.3. The Hall–Kier alpha value is -3.03. The molecular weight excluding hydrogens is 335 g/mol. The van der Waals surface area contributed by atoms with Crippen molar-refractivity contribution in [3.05, 3.63) is 47.7 Å². The molecule has 7 nitrogen and oxygen atoms in total. The van der Waals surface area contributed by atoms with Crippen LogP contribution in [0.25, 0.3) is 11.0 Å². The number of nitrogens with one attached hydrogen (secondary N) is 1. The van der Waals surface area contributed by atoms with E-state index in [9.17, 15) is 9.18 Å². The van der Waals surface area contributed by atoms with Gasteiger partial charge in [-0.1, -0.05) is 12.1 Å². The molecule has 0 saturated carbocycles. The summed E-state index contributed by atoms with van der Waals surface area (Å²) in [5.41, 5.74) is 1.64. The zero-order valence-electron chi connectivity index (χ0n) is 14.6. The SMILES string of the molecule is Cc1nc(N[C@@H]2CCN(Cc3ccc(F)cc3)C2=O)c2cnn(C)c2n1. The molecule has 0 spiro atoms.